The van der Waals surface area contributed by atoms with E-state index in [1.54, 1.807) is 15.9 Å². The molecule has 1 saturated heterocycles. The molecular weight excluding hydrogens is 324 g/mol. The molecule has 5 nitrogen and oxygen atoms in total. The highest BCUT2D eigenvalue weighted by atomic mass is 35.5. The Labute approximate surface area is 137 Å². The molecule has 116 valence electrons. The van der Waals surface area contributed by atoms with Crippen LogP contribution in [0.5, 0.6) is 0 Å². The third kappa shape index (κ3) is 2.89. The van der Waals surface area contributed by atoms with E-state index in [4.69, 9.17) is 16.0 Å². The zero-order chi connectivity index (χ0) is 15.7. The maximum Gasteiger partial charge on any atom is 0.264 e. The number of piperazine rings is 1. The molecule has 0 unspecified atom stereocenters. The van der Waals surface area contributed by atoms with E-state index in [2.05, 4.69) is 0 Å². The fraction of sp³-hybridized carbons (Fsp3) is 0.333. The standard InChI is InChI=1S/C15H15ClN2O3S/c1-10-2-3-12(22-10)15(20)18-7-5-17(6-8-18)14(19)11-4-9-21-13(11)16/h2-4,9H,5-8H2,1H3. The van der Waals surface area contributed by atoms with Gasteiger partial charge in [-0.05, 0) is 36.7 Å². The van der Waals surface area contributed by atoms with Crippen molar-refractivity contribution >= 4 is 34.8 Å². The summed E-state index contributed by atoms with van der Waals surface area (Å²) in [5.74, 6) is -0.121. The summed E-state index contributed by atoms with van der Waals surface area (Å²) < 4.78 is 4.95. The second-order valence-electron chi connectivity index (χ2n) is 5.10. The molecule has 3 rings (SSSR count). The molecule has 0 radical (unpaired) electrons. The lowest BCUT2D eigenvalue weighted by atomic mass is 10.2. The average molecular weight is 339 g/mol. The molecular formula is C15H15ClN2O3S. The van der Waals surface area contributed by atoms with Crippen molar-refractivity contribution in [3.05, 3.63) is 45.0 Å². The fourth-order valence-corrected chi connectivity index (χ4v) is 3.47. The van der Waals surface area contributed by atoms with Crippen LogP contribution in [0.25, 0.3) is 0 Å². The van der Waals surface area contributed by atoms with E-state index in [0.29, 0.717) is 31.7 Å². The van der Waals surface area contributed by atoms with Gasteiger partial charge in [0, 0.05) is 31.1 Å². The van der Waals surface area contributed by atoms with E-state index in [-0.39, 0.29) is 17.0 Å². The number of thiophene rings is 1. The van der Waals surface area contributed by atoms with Crippen molar-refractivity contribution in [3.8, 4) is 0 Å². The monoisotopic (exact) mass is 338 g/mol. The average Bonchev–Trinajstić information content (AvgIpc) is 3.14. The minimum absolute atomic E-state index is 0.0338. The Morgan fingerprint density at radius 3 is 2.23 bits per heavy atom. The van der Waals surface area contributed by atoms with Gasteiger partial charge in [-0.25, -0.2) is 0 Å². The third-order valence-corrected chi connectivity index (χ3v) is 4.93. The molecule has 1 aliphatic heterocycles. The number of hydrogen-bond acceptors (Lipinski definition) is 4. The predicted octanol–water partition coefficient (Wildman–Crippen LogP) is 2.90. The highest BCUT2D eigenvalue weighted by Gasteiger charge is 2.27. The van der Waals surface area contributed by atoms with Crippen molar-refractivity contribution in [2.75, 3.05) is 26.2 Å². The summed E-state index contributed by atoms with van der Waals surface area (Å²) in [5.41, 5.74) is 0.371. The van der Waals surface area contributed by atoms with Crippen molar-refractivity contribution in [1.29, 1.82) is 0 Å². The Balaban J connectivity index is 1.62. The molecule has 2 amide bonds. The van der Waals surface area contributed by atoms with Gasteiger partial charge in [0.15, 0.2) is 0 Å². The predicted molar refractivity (Wildman–Crippen MR) is 84.6 cm³/mol. The van der Waals surface area contributed by atoms with E-state index < -0.39 is 0 Å². The number of carbonyl (C=O) groups excluding carboxylic acids is 2. The van der Waals surface area contributed by atoms with Gasteiger partial charge in [-0.15, -0.1) is 11.3 Å². The largest absolute Gasteiger partial charge is 0.452 e. The number of furan rings is 1. The van der Waals surface area contributed by atoms with Gasteiger partial charge in [0.25, 0.3) is 11.8 Å². The molecule has 1 aliphatic rings. The van der Waals surface area contributed by atoms with Crippen molar-refractivity contribution < 1.29 is 14.0 Å². The first-order valence-electron chi connectivity index (χ1n) is 6.94. The molecule has 0 atom stereocenters. The molecule has 0 aromatic carbocycles. The Bertz CT molecular complexity index is 701. The number of nitrogens with zero attached hydrogens (tertiary/aromatic N) is 2. The van der Waals surface area contributed by atoms with Crippen LogP contribution in [0.1, 0.15) is 24.9 Å². The normalized spacial score (nSPS) is 15.2. The van der Waals surface area contributed by atoms with Gasteiger partial charge in [-0.3, -0.25) is 9.59 Å². The van der Waals surface area contributed by atoms with Crippen molar-refractivity contribution in [1.82, 2.24) is 9.80 Å². The molecule has 2 aromatic rings. The zero-order valence-electron chi connectivity index (χ0n) is 12.0. The first-order valence-corrected chi connectivity index (χ1v) is 8.13. The summed E-state index contributed by atoms with van der Waals surface area (Å²) in [6.45, 7) is 4.02. The Morgan fingerprint density at radius 2 is 1.73 bits per heavy atom. The summed E-state index contributed by atoms with van der Waals surface area (Å²) in [5, 5.41) is 0.109. The lowest BCUT2D eigenvalue weighted by molar-refractivity contribution is 0.0538. The van der Waals surface area contributed by atoms with Crippen LogP contribution >= 0.6 is 22.9 Å². The van der Waals surface area contributed by atoms with Crippen LogP contribution in [-0.4, -0.2) is 47.8 Å². The number of aryl methyl sites for hydroxylation is 1. The van der Waals surface area contributed by atoms with E-state index in [9.17, 15) is 9.59 Å². The molecule has 7 heteroatoms. The maximum absolute atomic E-state index is 12.4. The van der Waals surface area contributed by atoms with Gasteiger partial charge >= 0.3 is 0 Å². The number of halogens is 1. The Kier molecular flexibility index (Phi) is 4.22. The van der Waals surface area contributed by atoms with Gasteiger partial charge < -0.3 is 14.2 Å². The summed E-state index contributed by atoms with van der Waals surface area (Å²) >= 11 is 7.33. The van der Waals surface area contributed by atoms with Crippen LogP contribution in [0.3, 0.4) is 0 Å². The van der Waals surface area contributed by atoms with Gasteiger partial charge in [-0.1, -0.05) is 0 Å². The van der Waals surface area contributed by atoms with Crippen molar-refractivity contribution in [3.63, 3.8) is 0 Å². The highest BCUT2D eigenvalue weighted by Crippen LogP contribution is 2.21. The number of hydrogen-bond donors (Lipinski definition) is 0. The van der Waals surface area contributed by atoms with Crippen LogP contribution in [0.15, 0.2) is 28.9 Å². The minimum atomic E-state index is -0.155. The van der Waals surface area contributed by atoms with Gasteiger partial charge in [0.2, 0.25) is 5.22 Å². The first kappa shape index (κ1) is 15.1. The Morgan fingerprint density at radius 1 is 1.09 bits per heavy atom. The molecule has 0 aliphatic carbocycles. The summed E-state index contributed by atoms with van der Waals surface area (Å²) in [7, 11) is 0. The summed E-state index contributed by atoms with van der Waals surface area (Å²) in [4.78, 5) is 30.0. The molecule has 1 fully saturated rings. The molecule has 0 N–H and O–H groups in total. The lowest BCUT2D eigenvalue weighted by Crippen LogP contribution is -2.50. The second-order valence-corrected chi connectivity index (χ2v) is 6.73. The summed E-state index contributed by atoms with van der Waals surface area (Å²) in [6, 6.07) is 5.36. The quantitative estimate of drug-likeness (QED) is 0.846. The van der Waals surface area contributed by atoms with E-state index in [0.717, 1.165) is 9.75 Å². The molecule has 3 heterocycles. The highest BCUT2D eigenvalue weighted by molar-refractivity contribution is 7.13. The maximum atomic E-state index is 12.4. The molecule has 22 heavy (non-hydrogen) atoms. The van der Waals surface area contributed by atoms with E-state index >= 15 is 0 Å². The molecule has 0 spiro atoms. The van der Waals surface area contributed by atoms with Gasteiger partial charge in [0.05, 0.1) is 16.7 Å². The minimum Gasteiger partial charge on any atom is -0.452 e. The molecule has 0 bridgehead atoms. The zero-order valence-corrected chi connectivity index (χ0v) is 13.6. The summed E-state index contributed by atoms with van der Waals surface area (Å²) in [6.07, 6.45) is 1.40. The first-order chi connectivity index (χ1) is 10.6. The molecule has 0 saturated carbocycles. The number of carbonyl (C=O) groups is 2. The van der Waals surface area contributed by atoms with Crippen LogP contribution in [0.4, 0.5) is 0 Å². The molecule has 2 aromatic heterocycles. The van der Waals surface area contributed by atoms with Crippen molar-refractivity contribution in [2.45, 2.75) is 6.92 Å². The SMILES string of the molecule is Cc1ccc(C(=O)N2CCN(C(=O)c3ccoc3Cl)CC2)s1. The van der Waals surface area contributed by atoms with E-state index in [1.165, 1.54) is 17.6 Å². The van der Waals surface area contributed by atoms with Crippen molar-refractivity contribution in [2.24, 2.45) is 0 Å². The van der Waals surface area contributed by atoms with Gasteiger partial charge in [-0.2, -0.15) is 0 Å². The van der Waals surface area contributed by atoms with Crippen LogP contribution < -0.4 is 0 Å². The smallest absolute Gasteiger partial charge is 0.264 e. The lowest BCUT2D eigenvalue weighted by Gasteiger charge is -2.34. The van der Waals surface area contributed by atoms with Gasteiger partial charge in [0.1, 0.15) is 0 Å². The second kappa shape index (κ2) is 6.14. The Hall–Kier alpha value is -1.79. The van der Waals surface area contributed by atoms with Crippen LogP contribution in [0, 0.1) is 6.92 Å². The van der Waals surface area contributed by atoms with Crippen LogP contribution in [-0.2, 0) is 0 Å². The van der Waals surface area contributed by atoms with Crippen LogP contribution in [0.2, 0.25) is 5.22 Å². The fourth-order valence-electron chi connectivity index (χ4n) is 2.43. The van der Waals surface area contributed by atoms with E-state index in [1.807, 2.05) is 19.1 Å². The third-order valence-electron chi connectivity index (χ3n) is 3.65. The number of rotatable bonds is 2. The topological polar surface area (TPSA) is 53.8 Å². The number of amides is 2.